The third kappa shape index (κ3) is 3.91. The van der Waals surface area contributed by atoms with Crippen LogP contribution in [0.15, 0.2) is 55.1 Å². The Bertz CT molecular complexity index is 1010. The molecule has 3 rings (SSSR count). The van der Waals surface area contributed by atoms with Gasteiger partial charge < -0.3 is 9.47 Å². The molecule has 1 amide bonds. The molecule has 0 aliphatic carbocycles. The number of benzene rings is 2. The molecular formula is C21H20N2O4. The Hall–Kier alpha value is -3.38. The molecule has 6 heteroatoms. The first-order valence-electron chi connectivity index (χ1n) is 8.33. The minimum Gasteiger partial charge on any atom is -0.493 e. The summed E-state index contributed by atoms with van der Waals surface area (Å²) in [5.74, 6) is 0.208. The topological polar surface area (TPSA) is 80.7 Å². The van der Waals surface area contributed by atoms with E-state index in [-0.39, 0.29) is 6.61 Å². The summed E-state index contributed by atoms with van der Waals surface area (Å²) >= 11 is 0. The number of aromatic nitrogens is 1. The lowest BCUT2D eigenvalue weighted by molar-refractivity contribution is -0.131. The third-order valence-corrected chi connectivity index (χ3v) is 4.16. The molecule has 0 fully saturated rings. The maximum absolute atomic E-state index is 11.3. The number of nitrogens with one attached hydrogen (secondary N) is 1. The molecule has 138 valence electrons. The minimum atomic E-state index is -0.656. The van der Waals surface area contributed by atoms with Crippen LogP contribution in [0.4, 0.5) is 0 Å². The van der Waals surface area contributed by atoms with E-state index >= 15 is 0 Å². The molecule has 0 aliphatic heterocycles. The summed E-state index contributed by atoms with van der Waals surface area (Å²) in [6, 6.07) is 15.3. The Balaban J connectivity index is 2.01. The van der Waals surface area contributed by atoms with Gasteiger partial charge in [-0.3, -0.25) is 15.0 Å². The zero-order valence-electron chi connectivity index (χ0n) is 15.2. The highest BCUT2D eigenvalue weighted by Crippen LogP contribution is 2.34. The van der Waals surface area contributed by atoms with Crippen molar-refractivity contribution in [2.24, 2.45) is 0 Å². The van der Waals surface area contributed by atoms with Crippen molar-refractivity contribution in [1.29, 1.82) is 0 Å². The summed E-state index contributed by atoms with van der Waals surface area (Å²) in [7, 11) is 1.52. The first-order chi connectivity index (χ1) is 13.0. The largest absolute Gasteiger partial charge is 0.493 e. The number of carbonyl (C=O) groups is 1. The molecule has 0 saturated heterocycles. The van der Waals surface area contributed by atoms with Crippen LogP contribution in [0.2, 0.25) is 0 Å². The fraction of sp³-hybridized carbons (Fsp3) is 0.143. The normalized spacial score (nSPS) is 10.5. The number of hydrogen-bond donors (Lipinski definition) is 2. The lowest BCUT2D eigenvalue weighted by atomic mass is 9.95. The Morgan fingerprint density at radius 3 is 2.70 bits per heavy atom. The molecule has 2 aromatic carbocycles. The summed E-state index contributed by atoms with van der Waals surface area (Å²) in [6.07, 6.45) is 0. The zero-order valence-corrected chi connectivity index (χ0v) is 15.2. The maximum atomic E-state index is 11.3. The Morgan fingerprint density at radius 2 is 1.96 bits per heavy atom. The molecule has 0 bridgehead atoms. The van der Waals surface area contributed by atoms with Crippen molar-refractivity contribution >= 4 is 22.4 Å². The Kier molecular flexibility index (Phi) is 5.38. The molecule has 1 aromatic heterocycles. The van der Waals surface area contributed by atoms with E-state index in [4.69, 9.17) is 14.7 Å². The van der Waals surface area contributed by atoms with Gasteiger partial charge in [0.2, 0.25) is 0 Å². The van der Waals surface area contributed by atoms with E-state index < -0.39 is 5.91 Å². The van der Waals surface area contributed by atoms with Crippen LogP contribution in [-0.4, -0.2) is 29.8 Å². The molecule has 0 radical (unpaired) electrons. The molecule has 6 nitrogen and oxygen atoms in total. The number of para-hydroxylation sites is 1. The van der Waals surface area contributed by atoms with E-state index in [2.05, 4.69) is 11.6 Å². The summed E-state index contributed by atoms with van der Waals surface area (Å²) in [5.41, 5.74) is 5.93. The van der Waals surface area contributed by atoms with Crippen LogP contribution in [0.25, 0.3) is 16.5 Å². The van der Waals surface area contributed by atoms with Crippen molar-refractivity contribution in [2.75, 3.05) is 13.7 Å². The van der Waals surface area contributed by atoms with Crippen LogP contribution in [0, 0.1) is 6.92 Å². The average Bonchev–Trinajstić information content (AvgIpc) is 2.70. The lowest BCUT2D eigenvalue weighted by Gasteiger charge is -2.15. The summed E-state index contributed by atoms with van der Waals surface area (Å²) in [6.45, 7) is 5.86. The molecule has 2 N–H and O–H groups in total. The van der Waals surface area contributed by atoms with Gasteiger partial charge in [0, 0.05) is 11.1 Å². The summed E-state index contributed by atoms with van der Waals surface area (Å²) in [4.78, 5) is 15.8. The predicted octanol–water partition coefficient (Wildman–Crippen LogP) is 3.50. The number of ether oxygens (including phenoxy) is 2. The van der Waals surface area contributed by atoms with Crippen molar-refractivity contribution in [3.63, 3.8) is 0 Å². The molecule has 0 unspecified atom stereocenters. The minimum absolute atomic E-state index is 0.333. The van der Waals surface area contributed by atoms with E-state index in [9.17, 15) is 4.79 Å². The molecule has 0 spiro atoms. The molecule has 1 heterocycles. The van der Waals surface area contributed by atoms with Gasteiger partial charge in [0.1, 0.15) is 0 Å². The number of amides is 1. The lowest BCUT2D eigenvalue weighted by Crippen LogP contribution is -2.25. The van der Waals surface area contributed by atoms with Crippen LogP contribution in [-0.2, 0) is 4.79 Å². The summed E-state index contributed by atoms with van der Waals surface area (Å²) < 4.78 is 10.8. The van der Waals surface area contributed by atoms with Gasteiger partial charge in [0.25, 0.3) is 5.91 Å². The number of pyridine rings is 1. The van der Waals surface area contributed by atoms with Crippen molar-refractivity contribution < 1.29 is 19.5 Å². The van der Waals surface area contributed by atoms with Gasteiger partial charge in [-0.25, -0.2) is 5.48 Å². The first kappa shape index (κ1) is 18.4. The van der Waals surface area contributed by atoms with Gasteiger partial charge in [-0.05, 0) is 47.9 Å². The van der Waals surface area contributed by atoms with Crippen LogP contribution in [0.5, 0.6) is 11.5 Å². The fourth-order valence-corrected chi connectivity index (χ4v) is 2.87. The van der Waals surface area contributed by atoms with Gasteiger partial charge in [-0.2, -0.15) is 0 Å². The van der Waals surface area contributed by atoms with Crippen molar-refractivity contribution in [1.82, 2.24) is 10.5 Å². The highest BCUT2D eigenvalue weighted by molar-refractivity contribution is 5.95. The van der Waals surface area contributed by atoms with Crippen molar-refractivity contribution in [3.05, 3.63) is 71.9 Å². The molecule has 0 saturated carbocycles. The zero-order chi connectivity index (χ0) is 19.4. The highest BCUT2D eigenvalue weighted by atomic mass is 16.5. The summed E-state index contributed by atoms with van der Waals surface area (Å²) in [5, 5.41) is 9.63. The van der Waals surface area contributed by atoms with Gasteiger partial charge >= 0.3 is 0 Å². The number of hydrogen-bond acceptors (Lipinski definition) is 5. The van der Waals surface area contributed by atoms with E-state index in [1.807, 2.05) is 43.3 Å². The molecule has 27 heavy (non-hydrogen) atoms. The molecular weight excluding hydrogens is 344 g/mol. The number of nitrogens with zero attached hydrogens (tertiary/aromatic N) is 1. The third-order valence-electron chi connectivity index (χ3n) is 4.16. The van der Waals surface area contributed by atoms with Crippen molar-refractivity contribution in [3.8, 4) is 11.5 Å². The van der Waals surface area contributed by atoms with E-state index in [1.54, 1.807) is 12.1 Å². The maximum Gasteiger partial charge on any atom is 0.281 e. The van der Waals surface area contributed by atoms with Crippen molar-refractivity contribution in [2.45, 2.75) is 6.92 Å². The van der Waals surface area contributed by atoms with E-state index in [1.165, 1.54) is 12.6 Å². The molecule has 0 atom stereocenters. The number of aryl methyl sites for hydroxylation is 1. The fourth-order valence-electron chi connectivity index (χ4n) is 2.87. The second-order valence-corrected chi connectivity index (χ2v) is 6.00. The smallest absolute Gasteiger partial charge is 0.281 e. The SMILES string of the molecule is C=C(c1ccc(OC)c(OCC(=O)NO)c1)c1cc(C)nc2ccccc12. The quantitative estimate of drug-likeness (QED) is 0.517. The first-order valence-corrected chi connectivity index (χ1v) is 8.33. The number of hydroxylamine groups is 1. The number of fused-ring (bicyclic) bond motifs is 1. The second-order valence-electron chi connectivity index (χ2n) is 6.00. The van der Waals surface area contributed by atoms with Crippen LogP contribution >= 0.6 is 0 Å². The second kappa shape index (κ2) is 7.88. The van der Waals surface area contributed by atoms with Gasteiger partial charge in [-0.15, -0.1) is 0 Å². The van der Waals surface area contributed by atoms with Crippen LogP contribution in [0.1, 0.15) is 16.8 Å². The predicted molar refractivity (Wildman–Crippen MR) is 103 cm³/mol. The Labute approximate surface area is 157 Å². The number of rotatable bonds is 6. The van der Waals surface area contributed by atoms with Gasteiger partial charge in [0.05, 0.1) is 12.6 Å². The molecule has 3 aromatic rings. The number of carbonyl (C=O) groups excluding carboxylic acids is 1. The van der Waals surface area contributed by atoms with Crippen LogP contribution < -0.4 is 15.0 Å². The monoisotopic (exact) mass is 364 g/mol. The van der Waals surface area contributed by atoms with Gasteiger partial charge in [-0.1, -0.05) is 30.8 Å². The molecule has 0 aliphatic rings. The van der Waals surface area contributed by atoms with E-state index in [0.717, 1.165) is 33.3 Å². The number of methoxy groups -OCH3 is 1. The van der Waals surface area contributed by atoms with E-state index in [0.29, 0.717) is 11.5 Å². The van der Waals surface area contributed by atoms with Crippen LogP contribution in [0.3, 0.4) is 0 Å². The Morgan fingerprint density at radius 1 is 1.19 bits per heavy atom. The highest BCUT2D eigenvalue weighted by Gasteiger charge is 2.13. The van der Waals surface area contributed by atoms with Gasteiger partial charge in [0.15, 0.2) is 18.1 Å². The average molecular weight is 364 g/mol. The standard InChI is InChI=1S/C21H20N2O4/c1-13-10-17(16-6-4-5-7-18(16)22-13)14(2)15-8-9-19(26-3)20(11-15)27-12-21(24)23-25/h4-11,25H,2,12H2,1,3H3,(H,23,24).